The Hall–Kier alpha value is -3.22. The van der Waals surface area contributed by atoms with Crippen molar-refractivity contribution >= 4 is 5.69 Å². The maximum Gasteiger partial charge on any atom is 0.253 e. The molecule has 1 heterocycles. The molecule has 0 saturated carbocycles. The molecule has 0 fully saturated rings. The van der Waals surface area contributed by atoms with Gasteiger partial charge in [-0.1, -0.05) is 18.2 Å². The Bertz CT molecular complexity index is 805. The zero-order valence-corrected chi connectivity index (χ0v) is 14.1. The van der Waals surface area contributed by atoms with Crippen LogP contribution in [0.2, 0.25) is 0 Å². The zero-order chi connectivity index (χ0) is 17.5. The lowest BCUT2D eigenvalue weighted by atomic mass is 10.2. The summed E-state index contributed by atoms with van der Waals surface area (Å²) in [7, 11) is 3.22. The lowest BCUT2D eigenvalue weighted by Crippen LogP contribution is -2.02. The summed E-state index contributed by atoms with van der Waals surface area (Å²) in [6.45, 7) is 0.585. The molecule has 7 nitrogen and oxygen atoms in total. The van der Waals surface area contributed by atoms with E-state index in [1.54, 1.807) is 14.2 Å². The van der Waals surface area contributed by atoms with Gasteiger partial charge in [0.25, 0.3) is 5.89 Å². The summed E-state index contributed by atoms with van der Waals surface area (Å²) < 4.78 is 21.7. The number of hydrogen-bond donors (Lipinski definition) is 1. The molecule has 1 N–H and O–H groups in total. The predicted octanol–water partition coefficient (Wildman–Crippen LogP) is 3.28. The van der Waals surface area contributed by atoms with E-state index >= 15 is 0 Å². The molecule has 0 radical (unpaired) electrons. The minimum Gasteiger partial charge on any atom is -0.497 e. The lowest BCUT2D eigenvalue weighted by Gasteiger charge is -2.11. The van der Waals surface area contributed by atoms with Crippen molar-refractivity contribution < 1.29 is 18.6 Å². The van der Waals surface area contributed by atoms with Gasteiger partial charge in [0.05, 0.1) is 26.5 Å². The fraction of sp³-hybridized carbons (Fsp3) is 0.222. The van der Waals surface area contributed by atoms with Crippen LogP contribution in [0.4, 0.5) is 5.69 Å². The van der Waals surface area contributed by atoms with E-state index in [1.165, 1.54) is 0 Å². The van der Waals surface area contributed by atoms with E-state index in [9.17, 15) is 0 Å². The van der Waals surface area contributed by atoms with Gasteiger partial charge < -0.3 is 23.9 Å². The molecule has 3 rings (SSSR count). The molecule has 3 aromatic rings. The van der Waals surface area contributed by atoms with Gasteiger partial charge >= 0.3 is 0 Å². The molecule has 0 aliphatic heterocycles. The van der Waals surface area contributed by atoms with Crippen LogP contribution < -0.4 is 19.5 Å². The van der Waals surface area contributed by atoms with E-state index < -0.39 is 0 Å². The third-order valence-electron chi connectivity index (χ3n) is 3.45. The van der Waals surface area contributed by atoms with E-state index in [2.05, 4.69) is 15.5 Å². The maximum atomic E-state index is 5.58. The third kappa shape index (κ3) is 4.41. The monoisotopic (exact) mass is 341 g/mol. The van der Waals surface area contributed by atoms with Crippen molar-refractivity contribution in [2.24, 2.45) is 0 Å². The van der Waals surface area contributed by atoms with Gasteiger partial charge in [-0.2, -0.15) is 0 Å². The summed E-state index contributed by atoms with van der Waals surface area (Å²) >= 11 is 0. The second-order valence-corrected chi connectivity index (χ2v) is 5.11. The minimum atomic E-state index is 0.222. The van der Waals surface area contributed by atoms with Crippen molar-refractivity contribution in [3.8, 4) is 17.2 Å². The molecule has 25 heavy (non-hydrogen) atoms. The van der Waals surface area contributed by atoms with Gasteiger partial charge in [-0.15, -0.1) is 10.2 Å². The number of rotatable bonds is 8. The topological polar surface area (TPSA) is 78.6 Å². The van der Waals surface area contributed by atoms with Gasteiger partial charge in [0.2, 0.25) is 5.89 Å². The van der Waals surface area contributed by atoms with Crippen molar-refractivity contribution in [3.63, 3.8) is 0 Å². The standard InChI is InChI=1S/C18H19N3O4/c1-22-14-8-9-16(23-2)15(10-14)19-11-17-20-21-18(25-17)12-24-13-6-4-3-5-7-13/h3-10,19H,11-12H2,1-2H3. The summed E-state index contributed by atoms with van der Waals surface area (Å²) in [5.74, 6) is 3.05. The molecule has 0 aliphatic carbocycles. The smallest absolute Gasteiger partial charge is 0.253 e. The number of ether oxygens (including phenoxy) is 3. The average molecular weight is 341 g/mol. The normalized spacial score (nSPS) is 10.3. The third-order valence-corrected chi connectivity index (χ3v) is 3.45. The summed E-state index contributed by atoms with van der Waals surface area (Å²) in [5, 5.41) is 11.2. The number of methoxy groups -OCH3 is 2. The van der Waals surface area contributed by atoms with E-state index in [-0.39, 0.29) is 6.61 Å². The first-order chi connectivity index (χ1) is 12.3. The van der Waals surface area contributed by atoms with Crippen LogP contribution >= 0.6 is 0 Å². The molecule has 0 unspecified atom stereocenters. The first kappa shape index (κ1) is 16.6. The van der Waals surface area contributed by atoms with Gasteiger partial charge in [-0.3, -0.25) is 0 Å². The van der Waals surface area contributed by atoms with Crippen molar-refractivity contribution in [2.75, 3.05) is 19.5 Å². The van der Waals surface area contributed by atoms with Crippen LogP contribution in [0.25, 0.3) is 0 Å². The fourth-order valence-electron chi connectivity index (χ4n) is 2.20. The average Bonchev–Trinajstić information content (AvgIpc) is 3.13. The Morgan fingerprint density at radius 2 is 1.72 bits per heavy atom. The van der Waals surface area contributed by atoms with Crippen LogP contribution in [0.15, 0.2) is 52.9 Å². The Balaban J connectivity index is 1.58. The molecule has 0 amide bonds. The van der Waals surface area contributed by atoms with Crippen molar-refractivity contribution in [2.45, 2.75) is 13.2 Å². The zero-order valence-electron chi connectivity index (χ0n) is 14.1. The van der Waals surface area contributed by atoms with Crippen molar-refractivity contribution in [1.82, 2.24) is 10.2 Å². The van der Waals surface area contributed by atoms with Crippen molar-refractivity contribution in [1.29, 1.82) is 0 Å². The Labute approximate surface area is 145 Å². The lowest BCUT2D eigenvalue weighted by molar-refractivity contribution is 0.259. The molecule has 1 aromatic heterocycles. The highest BCUT2D eigenvalue weighted by molar-refractivity contribution is 5.59. The number of anilines is 1. The fourth-order valence-corrected chi connectivity index (χ4v) is 2.20. The second-order valence-electron chi connectivity index (χ2n) is 5.11. The van der Waals surface area contributed by atoms with Gasteiger partial charge in [-0.05, 0) is 24.3 Å². The van der Waals surface area contributed by atoms with E-state index in [0.717, 1.165) is 17.2 Å². The molecular weight excluding hydrogens is 322 g/mol. The van der Waals surface area contributed by atoms with E-state index in [1.807, 2.05) is 48.5 Å². The number of nitrogens with zero attached hydrogens (tertiary/aromatic N) is 2. The molecular formula is C18H19N3O4. The van der Waals surface area contributed by atoms with Gasteiger partial charge in [-0.25, -0.2) is 0 Å². The molecule has 0 atom stereocenters. The molecule has 0 spiro atoms. The Kier molecular flexibility index (Phi) is 5.36. The molecule has 130 valence electrons. The second kappa shape index (κ2) is 8.05. The van der Waals surface area contributed by atoms with Crippen LogP contribution in [0, 0.1) is 0 Å². The Morgan fingerprint density at radius 3 is 2.48 bits per heavy atom. The summed E-state index contributed by atoms with van der Waals surface area (Å²) in [5.41, 5.74) is 0.780. The number of nitrogens with one attached hydrogen (secondary N) is 1. The van der Waals surface area contributed by atoms with Crippen molar-refractivity contribution in [3.05, 3.63) is 60.3 Å². The number of hydrogen-bond acceptors (Lipinski definition) is 7. The molecule has 2 aromatic carbocycles. The quantitative estimate of drug-likeness (QED) is 0.673. The molecule has 0 aliphatic rings. The minimum absolute atomic E-state index is 0.222. The molecule has 7 heteroatoms. The van der Waals surface area contributed by atoms with E-state index in [0.29, 0.717) is 24.1 Å². The maximum absolute atomic E-state index is 5.58. The summed E-state index contributed by atoms with van der Waals surface area (Å²) in [6.07, 6.45) is 0. The first-order valence-corrected chi connectivity index (χ1v) is 7.73. The SMILES string of the molecule is COc1ccc(OC)c(NCc2nnc(COc3ccccc3)o2)c1. The van der Waals surface area contributed by atoms with Gasteiger partial charge in [0.15, 0.2) is 6.61 Å². The summed E-state index contributed by atoms with van der Waals surface area (Å²) in [6, 6.07) is 15.0. The van der Waals surface area contributed by atoms with Crippen LogP contribution in [0.5, 0.6) is 17.2 Å². The Morgan fingerprint density at radius 1 is 0.920 bits per heavy atom. The van der Waals surface area contributed by atoms with Crippen LogP contribution in [-0.4, -0.2) is 24.4 Å². The summed E-state index contributed by atoms with van der Waals surface area (Å²) in [4.78, 5) is 0. The van der Waals surface area contributed by atoms with Crippen LogP contribution in [0.3, 0.4) is 0 Å². The largest absolute Gasteiger partial charge is 0.497 e. The van der Waals surface area contributed by atoms with Gasteiger partial charge in [0.1, 0.15) is 17.2 Å². The van der Waals surface area contributed by atoms with Crippen LogP contribution in [-0.2, 0) is 13.2 Å². The molecule has 0 saturated heterocycles. The highest BCUT2D eigenvalue weighted by Crippen LogP contribution is 2.29. The first-order valence-electron chi connectivity index (χ1n) is 7.73. The highest BCUT2D eigenvalue weighted by atomic mass is 16.5. The van der Waals surface area contributed by atoms with Gasteiger partial charge in [0, 0.05) is 6.07 Å². The molecule has 0 bridgehead atoms. The highest BCUT2D eigenvalue weighted by Gasteiger charge is 2.09. The van der Waals surface area contributed by atoms with Crippen LogP contribution in [0.1, 0.15) is 11.8 Å². The van der Waals surface area contributed by atoms with E-state index in [4.69, 9.17) is 18.6 Å². The number of para-hydroxylation sites is 1. The number of benzene rings is 2. The number of aromatic nitrogens is 2. The predicted molar refractivity (Wildman–Crippen MR) is 91.9 cm³/mol.